The van der Waals surface area contributed by atoms with Crippen molar-refractivity contribution in [2.24, 2.45) is 0 Å². The topological polar surface area (TPSA) is 58.2 Å². The van der Waals surface area contributed by atoms with Gasteiger partial charge in [-0.15, -0.1) is 11.3 Å². The van der Waals surface area contributed by atoms with E-state index >= 15 is 0 Å². The van der Waals surface area contributed by atoms with Crippen LogP contribution in [-0.2, 0) is 4.79 Å². The van der Waals surface area contributed by atoms with Crippen molar-refractivity contribution in [3.05, 3.63) is 75.4 Å². The Morgan fingerprint density at radius 3 is 2.46 bits per heavy atom. The van der Waals surface area contributed by atoms with Crippen LogP contribution in [0.4, 0.5) is 10.1 Å². The van der Waals surface area contributed by atoms with Crippen LogP contribution in [-0.4, -0.2) is 18.4 Å². The molecule has 0 spiro atoms. The standard InChI is InChI=1S/C21H18ClFN2O2S/c1-12-3-8-17(16(22)9-12)25-19(26)11-24-21(27)18-10-13(2)20(28-18)14-4-6-15(23)7-5-14/h3-10H,11H2,1-2H3,(H,24,27)(H,25,26). The van der Waals surface area contributed by atoms with Crippen LogP contribution in [0.3, 0.4) is 0 Å². The Bertz CT molecular complexity index is 1030. The number of aryl methyl sites for hydroxylation is 2. The number of halogens is 2. The fraction of sp³-hybridized carbons (Fsp3) is 0.143. The number of carbonyl (C=O) groups is 2. The molecule has 1 heterocycles. The smallest absolute Gasteiger partial charge is 0.261 e. The third-order valence-electron chi connectivity index (χ3n) is 4.06. The van der Waals surface area contributed by atoms with Gasteiger partial charge in [0.25, 0.3) is 5.91 Å². The number of benzene rings is 2. The van der Waals surface area contributed by atoms with Crippen molar-refractivity contribution in [2.75, 3.05) is 11.9 Å². The Morgan fingerprint density at radius 1 is 1.07 bits per heavy atom. The van der Waals surface area contributed by atoms with E-state index in [1.54, 1.807) is 30.3 Å². The molecule has 2 amide bonds. The van der Waals surface area contributed by atoms with E-state index in [2.05, 4.69) is 10.6 Å². The van der Waals surface area contributed by atoms with Crippen LogP contribution >= 0.6 is 22.9 Å². The second kappa shape index (κ2) is 8.54. The van der Waals surface area contributed by atoms with Crippen LogP contribution in [0.15, 0.2) is 48.5 Å². The maximum atomic E-state index is 13.1. The summed E-state index contributed by atoms with van der Waals surface area (Å²) in [5.74, 6) is -1.02. The molecule has 7 heteroatoms. The van der Waals surface area contributed by atoms with Crippen molar-refractivity contribution in [3.63, 3.8) is 0 Å². The summed E-state index contributed by atoms with van der Waals surface area (Å²) in [5, 5.41) is 5.72. The lowest BCUT2D eigenvalue weighted by Gasteiger charge is -2.08. The quantitative estimate of drug-likeness (QED) is 0.601. The van der Waals surface area contributed by atoms with Gasteiger partial charge in [0.2, 0.25) is 5.91 Å². The molecule has 0 radical (unpaired) electrons. The number of nitrogens with one attached hydrogen (secondary N) is 2. The summed E-state index contributed by atoms with van der Waals surface area (Å²) in [4.78, 5) is 25.9. The summed E-state index contributed by atoms with van der Waals surface area (Å²) in [6, 6.07) is 13.2. The molecule has 2 N–H and O–H groups in total. The molecule has 0 unspecified atom stereocenters. The SMILES string of the molecule is Cc1ccc(NC(=O)CNC(=O)c2cc(C)c(-c3ccc(F)cc3)s2)c(Cl)c1. The van der Waals surface area contributed by atoms with Crippen molar-refractivity contribution in [1.82, 2.24) is 5.32 Å². The number of rotatable bonds is 5. The van der Waals surface area contributed by atoms with Crippen LogP contribution in [0.5, 0.6) is 0 Å². The molecule has 0 saturated heterocycles. The zero-order valence-electron chi connectivity index (χ0n) is 15.3. The second-order valence-electron chi connectivity index (χ2n) is 6.34. The molecule has 0 bridgehead atoms. The Balaban J connectivity index is 1.62. The third-order valence-corrected chi connectivity index (χ3v) is 5.65. The summed E-state index contributed by atoms with van der Waals surface area (Å²) in [6.45, 7) is 3.62. The van der Waals surface area contributed by atoms with Crippen LogP contribution < -0.4 is 10.6 Å². The predicted octanol–water partition coefficient (Wildman–Crippen LogP) is 5.19. The van der Waals surface area contributed by atoms with Gasteiger partial charge in [-0.1, -0.05) is 29.8 Å². The molecule has 0 saturated carbocycles. The molecule has 0 aliphatic carbocycles. The molecule has 144 valence electrons. The first-order chi connectivity index (χ1) is 13.3. The number of carbonyl (C=O) groups excluding carboxylic acids is 2. The zero-order valence-corrected chi connectivity index (χ0v) is 16.9. The molecule has 3 rings (SSSR count). The average molecular weight is 417 g/mol. The number of hydrogen-bond donors (Lipinski definition) is 2. The van der Waals surface area contributed by atoms with Crippen molar-refractivity contribution in [3.8, 4) is 10.4 Å². The molecule has 0 atom stereocenters. The van der Waals surface area contributed by atoms with Crippen LogP contribution in [0.1, 0.15) is 20.8 Å². The van der Waals surface area contributed by atoms with Gasteiger partial charge in [-0.05, 0) is 60.9 Å². The molecule has 4 nitrogen and oxygen atoms in total. The third kappa shape index (κ3) is 4.77. The lowest BCUT2D eigenvalue weighted by Crippen LogP contribution is -2.32. The van der Waals surface area contributed by atoms with Gasteiger partial charge in [0.15, 0.2) is 0 Å². The number of anilines is 1. The highest BCUT2D eigenvalue weighted by molar-refractivity contribution is 7.17. The highest BCUT2D eigenvalue weighted by atomic mass is 35.5. The highest BCUT2D eigenvalue weighted by Gasteiger charge is 2.15. The maximum absolute atomic E-state index is 13.1. The summed E-state index contributed by atoms with van der Waals surface area (Å²) < 4.78 is 13.1. The largest absolute Gasteiger partial charge is 0.342 e. The second-order valence-corrected chi connectivity index (χ2v) is 7.80. The van der Waals surface area contributed by atoms with Crippen molar-refractivity contribution in [1.29, 1.82) is 0 Å². The van der Waals surface area contributed by atoms with E-state index in [1.807, 2.05) is 19.9 Å². The molecular weight excluding hydrogens is 399 g/mol. The lowest BCUT2D eigenvalue weighted by atomic mass is 10.1. The van der Waals surface area contributed by atoms with Gasteiger partial charge >= 0.3 is 0 Å². The number of amides is 2. The van der Waals surface area contributed by atoms with E-state index in [0.29, 0.717) is 15.6 Å². The zero-order chi connectivity index (χ0) is 20.3. The molecule has 28 heavy (non-hydrogen) atoms. The first-order valence-corrected chi connectivity index (χ1v) is 9.73. The average Bonchev–Trinajstić information content (AvgIpc) is 3.04. The minimum Gasteiger partial charge on any atom is -0.342 e. The van der Waals surface area contributed by atoms with Gasteiger partial charge in [0.1, 0.15) is 5.82 Å². The van der Waals surface area contributed by atoms with Gasteiger partial charge in [-0.2, -0.15) is 0 Å². The normalized spacial score (nSPS) is 10.6. The Labute approximate surface area is 171 Å². The molecule has 2 aromatic carbocycles. The maximum Gasteiger partial charge on any atom is 0.261 e. The van der Waals surface area contributed by atoms with Gasteiger partial charge in [0.05, 0.1) is 22.1 Å². The first-order valence-electron chi connectivity index (χ1n) is 8.54. The fourth-order valence-corrected chi connectivity index (χ4v) is 4.02. The monoisotopic (exact) mass is 416 g/mol. The highest BCUT2D eigenvalue weighted by Crippen LogP contribution is 2.32. The lowest BCUT2D eigenvalue weighted by molar-refractivity contribution is -0.115. The Kier molecular flexibility index (Phi) is 6.11. The van der Waals surface area contributed by atoms with E-state index in [9.17, 15) is 14.0 Å². The van der Waals surface area contributed by atoms with Crippen molar-refractivity contribution < 1.29 is 14.0 Å². The predicted molar refractivity (Wildman–Crippen MR) is 112 cm³/mol. The van der Waals surface area contributed by atoms with Gasteiger partial charge in [-0.3, -0.25) is 9.59 Å². The van der Waals surface area contributed by atoms with Crippen LogP contribution in [0.25, 0.3) is 10.4 Å². The molecule has 0 aliphatic rings. The van der Waals surface area contributed by atoms with E-state index in [0.717, 1.165) is 21.6 Å². The van der Waals surface area contributed by atoms with Gasteiger partial charge in [-0.25, -0.2) is 4.39 Å². The molecule has 0 aliphatic heterocycles. The van der Waals surface area contributed by atoms with Gasteiger partial charge in [0, 0.05) is 4.88 Å². The summed E-state index contributed by atoms with van der Waals surface area (Å²) in [7, 11) is 0. The molecule has 0 fully saturated rings. The van der Waals surface area contributed by atoms with E-state index < -0.39 is 0 Å². The fourth-order valence-electron chi connectivity index (χ4n) is 2.65. The van der Waals surface area contributed by atoms with Gasteiger partial charge < -0.3 is 10.6 Å². The first kappa shape index (κ1) is 20.0. The van der Waals surface area contributed by atoms with E-state index in [4.69, 9.17) is 11.6 Å². The van der Waals surface area contributed by atoms with Crippen LogP contribution in [0, 0.1) is 19.7 Å². The van der Waals surface area contributed by atoms with Crippen molar-refractivity contribution >= 4 is 40.4 Å². The minimum atomic E-state index is -0.369. The number of thiophene rings is 1. The molecule has 3 aromatic rings. The molecular formula is C21H18ClFN2O2S. The summed E-state index contributed by atoms with van der Waals surface area (Å²) in [6.07, 6.45) is 0. The summed E-state index contributed by atoms with van der Waals surface area (Å²) >= 11 is 7.40. The minimum absolute atomic E-state index is 0.175. The molecule has 1 aromatic heterocycles. The van der Waals surface area contributed by atoms with Crippen LogP contribution in [0.2, 0.25) is 5.02 Å². The number of hydrogen-bond acceptors (Lipinski definition) is 3. The van der Waals surface area contributed by atoms with Crippen molar-refractivity contribution in [2.45, 2.75) is 13.8 Å². The Morgan fingerprint density at radius 2 is 1.79 bits per heavy atom. The Hall–Kier alpha value is -2.70. The summed E-state index contributed by atoms with van der Waals surface area (Å²) in [5.41, 5.74) is 3.24. The van der Waals surface area contributed by atoms with E-state index in [-0.39, 0.29) is 24.2 Å². The van der Waals surface area contributed by atoms with E-state index in [1.165, 1.54) is 23.5 Å².